The van der Waals surface area contributed by atoms with Gasteiger partial charge in [-0.25, -0.2) is 0 Å². The van der Waals surface area contributed by atoms with Crippen LogP contribution in [0.5, 0.6) is 0 Å². The van der Waals surface area contributed by atoms with E-state index in [1.165, 1.54) is 32.1 Å². The molecule has 2 rings (SSSR count). The van der Waals surface area contributed by atoms with Crippen LogP contribution in [0.15, 0.2) is 24.3 Å². The quantitative estimate of drug-likeness (QED) is 0.857. The number of carbonyl (C=O) groups excluding carboxylic acids is 1. The number of hydrogen-bond donors (Lipinski definition) is 2. The summed E-state index contributed by atoms with van der Waals surface area (Å²) in [5.41, 5.74) is 2.04. The molecular formula is C15H22N2O. The van der Waals surface area contributed by atoms with E-state index in [0.717, 1.165) is 11.3 Å². The SMILES string of the molecule is Cc1cccc(NC(=O)CNC2CCCCC2)c1. The third-order valence-electron chi connectivity index (χ3n) is 3.46. The Balaban J connectivity index is 1.74. The Morgan fingerprint density at radius 2 is 2.06 bits per heavy atom. The Hall–Kier alpha value is -1.35. The monoisotopic (exact) mass is 246 g/mol. The summed E-state index contributed by atoms with van der Waals surface area (Å²) in [6.45, 7) is 2.44. The van der Waals surface area contributed by atoms with Gasteiger partial charge in [0.05, 0.1) is 6.54 Å². The zero-order chi connectivity index (χ0) is 12.8. The van der Waals surface area contributed by atoms with Crippen molar-refractivity contribution in [3.63, 3.8) is 0 Å². The Kier molecular flexibility index (Phi) is 4.76. The molecule has 1 aromatic carbocycles. The number of benzene rings is 1. The van der Waals surface area contributed by atoms with E-state index < -0.39 is 0 Å². The first-order valence-corrected chi connectivity index (χ1v) is 6.84. The summed E-state index contributed by atoms with van der Waals surface area (Å²) >= 11 is 0. The highest BCUT2D eigenvalue weighted by atomic mass is 16.1. The van der Waals surface area contributed by atoms with Crippen LogP contribution in [0, 0.1) is 6.92 Å². The average molecular weight is 246 g/mol. The molecule has 0 aliphatic heterocycles. The topological polar surface area (TPSA) is 41.1 Å². The fraction of sp³-hybridized carbons (Fsp3) is 0.533. The highest BCUT2D eigenvalue weighted by Crippen LogP contribution is 2.17. The molecule has 98 valence electrons. The molecule has 0 atom stereocenters. The van der Waals surface area contributed by atoms with Gasteiger partial charge < -0.3 is 10.6 Å². The number of rotatable bonds is 4. The van der Waals surface area contributed by atoms with Gasteiger partial charge in [0.15, 0.2) is 0 Å². The summed E-state index contributed by atoms with van der Waals surface area (Å²) in [6.07, 6.45) is 6.33. The summed E-state index contributed by atoms with van der Waals surface area (Å²) in [4.78, 5) is 11.8. The van der Waals surface area contributed by atoms with Gasteiger partial charge >= 0.3 is 0 Å². The van der Waals surface area contributed by atoms with Crippen molar-refractivity contribution in [2.24, 2.45) is 0 Å². The summed E-state index contributed by atoms with van der Waals surface area (Å²) in [7, 11) is 0. The zero-order valence-electron chi connectivity index (χ0n) is 11.0. The molecule has 1 aliphatic rings. The first-order chi connectivity index (χ1) is 8.74. The fourth-order valence-corrected chi connectivity index (χ4v) is 2.47. The van der Waals surface area contributed by atoms with Gasteiger partial charge in [-0.1, -0.05) is 31.4 Å². The molecular weight excluding hydrogens is 224 g/mol. The van der Waals surface area contributed by atoms with Crippen LogP contribution in [0.1, 0.15) is 37.7 Å². The lowest BCUT2D eigenvalue weighted by Gasteiger charge is -2.22. The third-order valence-corrected chi connectivity index (χ3v) is 3.46. The number of aryl methyl sites for hydroxylation is 1. The summed E-state index contributed by atoms with van der Waals surface area (Å²) in [5, 5.41) is 6.27. The Morgan fingerprint density at radius 3 is 2.78 bits per heavy atom. The molecule has 1 amide bonds. The largest absolute Gasteiger partial charge is 0.325 e. The molecule has 18 heavy (non-hydrogen) atoms. The fourth-order valence-electron chi connectivity index (χ4n) is 2.47. The predicted octanol–water partition coefficient (Wildman–Crippen LogP) is 2.86. The molecule has 3 heteroatoms. The van der Waals surface area contributed by atoms with Gasteiger partial charge in [-0.3, -0.25) is 4.79 Å². The van der Waals surface area contributed by atoms with Crippen molar-refractivity contribution >= 4 is 11.6 Å². The number of carbonyl (C=O) groups is 1. The minimum absolute atomic E-state index is 0.0474. The summed E-state index contributed by atoms with van der Waals surface area (Å²) in [6, 6.07) is 8.42. The molecule has 1 aliphatic carbocycles. The molecule has 0 radical (unpaired) electrons. The highest BCUT2D eigenvalue weighted by Gasteiger charge is 2.13. The lowest BCUT2D eigenvalue weighted by Crippen LogP contribution is -2.37. The van der Waals surface area contributed by atoms with E-state index in [2.05, 4.69) is 10.6 Å². The molecule has 0 heterocycles. The van der Waals surface area contributed by atoms with E-state index >= 15 is 0 Å². The number of nitrogens with one attached hydrogen (secondary N) is 2. The van der Waals surface area contributed by atoms with Crippen molar-refractivity contribution in [1.29, 1.82) is 0 Å². The van der Waals surface area contributed by atoms with E-state index in [4.69, 9.17) is 0 Å². The maximum absolute atomic E-state index is 11.8. The molecule has 2 N–H and O–H groups in total. The van der Waals surface area contributed by atoms with Crippen LogP contribution in [-0.4, -0.2) is 18.5 Å². The van der Waals surface area contributed by atoms with Gasteiger partial charge in [0.25, 0.3) is 0 Å². The van der Waals surface area contributed by atoms with Crippen LogP contribution in [-0.2, 0) is 4.79 Å². The summed E-state index contributed by atoms with van der Waals surface area (Å²) < 4.78 is 0. The van der Waals surface area contributed by atoms with Crippen molar-refractivity contribution in [2.45, 2.75) is 45.1 Å². The van der Waals surface area contributed by atoms with E-state index in [0.29, 0.717) is 12.6 Å². The smallest absolute Gasteiger partial charge is 0.238 e. The molecule has 1 aromatic rings. The van der Waals surface area contributed by atoms with Crippen molar-refractivity contribution in [1.82, 2.24) is 5.32 Å². The summed E-state index contributed by atoms with van der Waals surface area (Å²) in [5.74, 6) is 0.0474. The Morgan fingerprint density at radius 1 is 1.28 bits per heavy atom. The van der Waals surface area contributed by atoms with Gasteiger partial charge in [0.1, 0.15) is 0 Å². The minimum Gasteiger partial charge on any atom is -0.325 e. The van der Waals surface area contributed by atoms with E-state index in [1.54, 1.807) is 0 Å². The maximum atomic E-state index is 11.8. The van der Waals surface area contributed by atoms with Gasteiger partial charge in [-0.15, -0.1) is 0 Å². The van der Waals surface area contributed by atoms with Crippen LogP contribution in [0.2, 0.25) is 0 Å². The molecule has 1 saturated carbocycles. The van der Waals surface area contributed by atoms with E-state index in [9.17, 15) is 4.79 Å². The Bertz CT molecular complexity index is 397. The van der Waals surface area contributed by atoms with E-state index in [1.807, 2.05) is 31.2 Å². The van der Waals surface area contributed by atoms with Crippen LogP contribution in [0.4, 0.5) is 5.69 Å². The van der Waals surface area contributed by atoms with Crippen LogP contribution < -0.4 is 10.6 Å². The number of anilines is 1. The molecule has 0 spiro atoms. The van der Waals surface area contributed by atoms with Crippen LogP contribution in [0.3, 0.4) is 0 Å². The molecule has 0 aromatic heterocycles. The van der Waals surface area contributed by atoms with Crippen LogP contribution >= 0.6 is 0 Å². The van der Waals surface area contributed by atoms with Gasteiger partial charge in [-0.05, 0) is 37.5 Å². The van der Waals surface area contributed by atoms with Crippen molar-refractivity contribution in [3.8, 4) is 0 Å². The standard InChI is InChI=1S/C15H22N2O/c1-12-6-5-9-14(10-12)17-15(18)11-16-13-7-3-2-4-8-13/h5-6,9-10,13,16H,2-4,7-8,11H2,1H3,(H,17,18). The van der Waals surface area contributed by atoms with Gasteiger partial charge in [-0.2, -0.15) is 0 Å². The molecule has 3 nitrogen and oxygen atoms in total. The van der Waals surface area contributed by atoms with Crippen LogP contribution in [0.25, 0.3) is 0 Å². The predicted molar refractivity (Wildman–Crippen MR) is 74.7 cm³/mol. The number of amides is 1. The molecule has 0 bridgehead atoms. The number of hydrogen-bond acceptors (Lipinski definition) is 2. The van der Waals surface area contributed by atoms with Gasteiger partial charge in [0.2, 0.25) is 5.91 Å². The lowest BCUT2D eigenvalue weighted by atomic mass is 9.95. The lowest BCUT2D eigenvalue weighted by molar-refractivity contribution is -0.115. The molecule has 0 saturated heterocycles. The average Bonchev–Trinajstić information content (AvgIpc) is 2.38. The zero-order valence-corrected chi connectivity index (χ0v) is 11.0. The molecule has 0 unspecified atom stereocenters. The first kappa shape index (κ1) is 13.1. The second-order valence-corrected chi connectivity index (χ2v) is 5.13. The highest BCUT2D eigenvalue weighted by molar-refractivity contribution is 5.92. The maximum Gasteiger partial charge on any atom is 0.238 e. The first-order valence-electron chi connectivity index (χ1n) is 6.84. The van der Waals surface area contributed by atoms with Crippen molar-refractivity contribution in [3.05, 3.63) is 29.8 Å². The normalized spacial score (nSPS) is 16.5. The van der Waals surface area contributed by atoms with Crippen molar-refractivity contribution < 1.29 is 4.79 Å². The van der Waals surface area contributed by atoms with Crippen molar-refractivity contribution in [2.75, 3.05) is 11.9 Å². The second kappa shape index (κ2) is 6.55. The molecule has 1 fully saturated rings. The van der Waals surface area contributed by atoms with Gasteiger partial charge in [0, 0.05) is 11.7 Å². The second-order valence-electron chi connectivity index (χ2n) is 5.13. The minimum atomic E-state index is 0.0474. The van der Waals surface area contributed by atoms with E-state index in [-0.39, 0.29) is 5.91 Å². The third kappa shape index (κ3) is 4.15. The Labute approximate surface area is 109 Å².